The van der Waals surface area contributed by atoms with Crippen LogP contribution >= 0.6 is 0 Å². The summed E-state index contributed by atoms with van der Waals surface area (Å²) in [5.74, 6) is -0.673. The van der Waals surface area contributed by atoms with Gasteiger partial charge in [-0.05, 0) is 18.8 Å². The largest absolute Gasteiger partial charge is 0.481 e. The molecule has 0 bridgehead atoms. The number of hydrogen-bond donors (Lipinski definition) is 2. The van der Waals surface area contributed by atoms with Crippen LogP contribution in [0.4, 0.5) is 0 Å². The number of carboxylic acid groups (broad SMARTS) is 1. The van der Waals surface area contributed by atoms with Crippen LogP contribution in [-0.4, -0.2) is 17.1 Å². The SMILES string of the molecule is C[C@@H]1CCCC(C(=O)O)C1N. The minimum Gasteiger partial charge on any atom is -0.481 e. The lowest BCUT2D eigenvalue weighted by Crippen LogP contribution is -2.43. The van der Waals surface area contributed by atoms with Crippen molar-refractivity contribution in [3.8, 4) is 0 Å². The van der Waals surface area contributed by atoms with Gasteiger partial charge in [-0.25, -0.2) is 0 Å². The first-order valence-electron chi connectivity index (χ1n) is 4.11. The number of aliphatic carboxylic acids is 1. The van der Waals surface area contributed by atoms with Crippen molar-refractivity contribution in [1.29, 1.82) is 0 Å². The number of hydrogen-bond acceptors (Lipinski definition) is 2. The van der Waals surface area contributed by atoms with Crippen molar-refractivity contribution in [3.63, 3.8) is 0 Å². The van der Waals surface area contributed by atoms with E-state index in [0.717, 1.165) is 19.3 Å². The van der Waals surface area contributed by atoms with E-state index in [9.17, 15) is 4.79 Å². The van der Waals surface area contributed by atoms with E-state index in [2.05, 4.69) is 0 Å². The fourth-order valence-electron chi connectivity index (χ4n) is 1.73. The molecule has 11 heavy (non-hydrogen) atoms. The van der Waals surface area contributed by atoms with E-state index in [1.165, 1.54) is 0 Å². The molecule has 3 nitrogen and oxygen atoms in total. The molecule has 3 atom stereocenters. The van der Waals surface area contributed by atoms with Crippen molar-refractivity contribution in [2.45, 2.75) is 32.2 Å². The van der Waals surface area contributed by atoms with Crippen molar-refractivity contribution in [1.82, 2.24) is 0 Å². The molecule has 0 aliphatic heterocycles. The molecule has 0 saturated heterocycles. The van der Waals surface area contributed by atoms with Crippen LogP contribution < -0.4 is 5.73 Å². The van der Waals surface area contributed by atoms with Crippen LogP contribution in [-0.2, 0) is 4.79 Å². The second-order valence-corrected chi connectivity index (χ2v) is 3.43. The van der Waals surface area contributed by atoms with Gasteiger partial charge in [0.2, 0.25) is 0 Å². The first-order chi connectivity index (χ1) is 5.13. The number of carboxylic acids is 1. The highest BCUT2D eigenvalue weighted by molar-refractivity contribution is 5.71. The smallest absolute Gasteiger partial charge is 0.308 e. The Labute approximate surface area is 66.6 Å². The summed E-state index contributed by atoms with van der Waals surface area (Å²) in [6, 6.07) is -0.138. The summed E-state index contributed by atoms with van der Waals surface area (Å²) in [6.07, 6.45) is 2.83. The molecule has 64 valence electrons. The Morgan fingerprint density at radius 2 is 2.18 bits per heavy atom. The fourth-order valence-corrected chi connectivity index (χ4v) is 1.73. The molecule has 0 aromatic heterocycles. The molecule has 0 amide bonds. The third-order valence-corrected chi connectivity index (χ3v) is 2.61. The lowest BCUT2D eigenvalue weighted by molar-refractivity contribution is -0.144. The van der Waals surface area contributed by atoms with Gasteiger partial charge >= 0.3 is 5.97 Å². The molecular weight excluding hydrogens is 142 g/mol. The highest BCUT2D eigenvalue weighted by atomic mass is 16.4. The van der Waals surface area contributed by atoms with Gasteiger partial charge < -0.3 is 10.8 Å². The maximum absolute atomic E-state index is 10.6. The van der Waals surface area contributed by atoms with Crippen LogP contribution in [0, 0.1) is 11.8 Å². The fraction of sp³-hybridized carbons (Fsp3) is 0.875. The molecule has 0 heterocycles. The maximum atomic E-state index is 10.6. The maximum Gasteiger partial charge on any atom is 0.308 e. The van der Waals surface area contributed by atoms with Crippen LogP contribution in [0.15, 0.2) is 0 Å². The molecule has 1 rings (SSSR count). The summed E-state index contributed by atoms with van der Waals surface area (Å²) in [5, 5.41) is 8.75. The topological polar surface area (TPSA) is 63.3 Å². The summed E-state index contributed by atoms with van der Waals surface area (Å²) < 4.78 is 0. The summed E-state index contributed by atoms with van der Waals surface area (Å²) in [5.41, 5.74) is 5.74. The summed E-state index contributed by atoms with van der Waals surface area (Å²) in [6.45, 7) is 2.03. The van der Waals surface area contributed by atoms with Gasteiger partial charge in [0.1, 0.15) is 0 Å². The van der Waals surface area contributed by atoms with Gasteiger partial charge in [-0.2, -0.15) is 0 Å². The Morgan fingerprint density at radius 3 is 2.64 bits per heavy atom. The zero-order chi connectivity index (χ0) is 8.43. The first-order valence-corrected chi connectivity index (χ1v) is 4.11. The lowest BCUT2D eigenvalue weighted by Gasteiger charge is -2.30. The number of rotatable bonds is 1. The van der Waals surface area contributed by atoms with E-state index in [1.54, 1.807) is 0 Å². The second kappa shape index (κ2) is 3.22. The minimum atomic E-state index is -0.732. The normalized spacial score (nSPS) is 38.5. The van der Waals surface area contributed by atoms with Gasteiger partial charge in [0.25, 0.3) is 0 Å². The van der Waals surface area contributed by atoms with E-state index < -0.39 is 5.97 Å². The van der Waals surface area contributed by atoms with E-state index in [1.807, 2.05) is 6.92 Å². The monoisotopic (exact) mass is 157 g/mol. The molecule has 2 unspecified atom stereocenters. The van der Waals surface area contributed by atoms with Crippen molar-refractivity contribution >= 4 is 5.97 Å². The summed E-state index contributed by atoms with van der Waals surface area (Å²) in [7, 11) is 0. The van der Waals surface area contributed by atoms with Gasteiger partial charge in [0.05, 0.1) is 5.92 Å². The van der Waals surface area contributed by atoms with Crippen molar-refractivity contribution < 1.29 is 9.90 Å². The molecule has 0 aromatic carbocycles. The Bertz CT molecular complexity index is 158. The van der Waals surface area contributed by atoms with Crippen molar-refractivity contribution in [2.75, 3.05) is 0 Å². The molecule has 1 aliphatic carbocycles. The van der Waals surface area contributed by atoms with Crippen LogP contribution in [0.2, 0.25) is 0 Å². The molecule has 3 heteroatoms. The van der Waals surface area contributed by atoms with Crippen LogP contribution in [0.25, 0.3) is 0 Å². The van der Waals surface area contributed by atoms with Crippen molar-refractivity contribution in [3.05, 3.63) is 0 Å². The Morgan fingerprint density at radius 1 is 1.55 bits per heavy atom. The molecule has 3 N–H and O–H groups in total. The highest BCUT2D eigenvalue weighted by Crippen LogP contribution is 2.27. The number of carbonyl (C=O) groups is 1. The average molecular weight is 157 g/mol. The Hall–Kier alpha value is -0.570. The molecular formula is C8H15NO2. The van der Waals surface area contributed by atoms with Gasteiger partial charge in [-0.15, -0.1) is 0 Å². The minimum absolute atomic E-state index is 0.138. The van der Waals surface area contributed by atoms with Crippen molar-refractivity contribution in [2.24, 2.45) is 17.6 Å². The van der Waals surface area contributed by atoms with Gasteiger partial charge in [0.15, 0.2) is 0 Å². The van der Waals surface area contributed by atoms with Crippen LogP contribution in [0.3, 0.4) is 0 Å². The third kappa shape index (κ3) is 1.71. The molecule has 1 saturated carbocycles. The van der Waals surface area contributed by atoms with E-state index in [0.29, 0.717) is 5.92 Å². The predicted molar refractivity (Wildman–Crippen MR) is 42.1 cm³/mol. The van der Waals surface area contributed by atoms with E-state index >= 15 is 0 Å². The lowest BCUT2D eigenvalue weighted by atomic mass is 9.78. The average Bonchev–Trinajstić information content (AvgIpc) is 1.94. The van der Waals surface area contributed by atoms with Gasteiger partial charge in [0, 0.05) is 6.04 Å². The Balaban J connectivity index is 2.58. The Kier molecular flexibility index (Phi) is 2.49. The van der Waals surface area contributed by atoms with E-state index in [-0.39, 0.29) is 12.0 Å². The van der Waals surface area contributed by atoms with Gasteiger partial charge in [-0.1, -0.05) is 13.3 Å². The molecule has 0 aromatic rings. The molecule has 1 aliphatic rings. The molecule has 1 fully saturated rings. The van der Waals surface area contributed by atoms with Crippen LogP contribution in [0.1, 0.15) is 26.2 Å². The molecule has 0 spiro atoms. The second-order valence-electron chi connectivity index (χ2n) is 3.43. The summed E-state index contributed by atoms with van der Waals surface area (Å²) >= 11 is 0. The van der Waals surface area contributed by atoms with Gasteiger partial charge in [-0.3, -0.25) is 4.79 Å². The third-order valence-electron chi connectivity index (χ3n) is 2.61. The first kappa shape index (κ1) is 8.53. The zero-order valence-electron chi connectivity index (χ0n) is 6.79. The molecule has 0 radical (unpaired) electrons. The quantitative estimate of drug-likeness (QED) is 0.592. The zero-order valence-corrected chi connectivity index (χ0v) is 6.79. The standard InChI is InChI=1S/C8H15NO2/c1-5-3-2-4-6(7(5)9)8(10)11/h5-7H,2-4,9H2,1H3,(H,10,11)/t5-,6?,7?/m1/s1. The number of nitrogens with two attached hydrogens (primary N) is 1. The van der Waals surface area contributed by atoms with Crippen LogP contribution in [0.5, 0.6) is 0 Å². The van der Waals surface area contributed by atoms with E-state index in [4.69, 9.17) is 10.8 Å². The predicted octanol–water partition coefficient (Wildman–Crippen LogP) is 0.835. The summed E-state index contributed by atoms with van der Waals surface area (Å²) in [4.78, 5) is 10.6. The highest BCUT2D eigenvalue weighted by Gasteiger charge is 2.32.